The number of aliphatic carboxylic acids is 1. The standard InChI is InChI=1S/C8H16N2O3S2/c1-5(11)6(9)3-14-15-4-7(10-2)8(12)13/h6-7,10H,3-4,9H2,1-2H3,(H,12,13). The van der Waals surface area contributed by atoms with Crippen LogP contribution in [0.2, 0.25) is 0 Å². The molecule has 2 unspecified atom stereocenters. The van der Waals surface area contributed by atoms with Gasteiger partial charge in [-0.3, -0.25) is 9.59 Å². The minimum absolute atomic E-state index is 0.0495. The number of hydrogen-bond donors (Lipinski definition) is 3. The smallest absolute Gasteiger partial charge is 0.321 e. The zero-order valence-electron chi connectivity index (χ0n) is 8.73. The van der Waals surface area contributed by atoms with Crippen molar-refractivity contribution in [2.24, 2.45) is 5.73 Å². The van der Waals surface area contributed by atoms with Crippen LogP contribution < -0.4 is 11.1 Å². The Bertz CT molecular complexity index is 226. The van der Waals surface area contributed by atoms with Crippen molar-refractivity contribution in [1.82, 2.24) is 5.32 Å². The molecule has 5 nitrogen and oxygen atoms in total. The van der Waals surface area contributed by atoms with Crippen LogP contribution >= 0.6 is 21.6 Å². The summed E-state index contributed by atoms with van der Waals surface area (Å²) < 4.78 is 0. The highest BCUT2D eigenvalue weighted by molar-refractivity contribution is 8.76. The summed E-state index contributed by atoms with van der Waals surface area (Å²) in [6, 6.07) is -1.02. The van der Waals surface area contributed by atoms with Gasteiger partial charge in [0, 0.05) is 11.5 Å². The Hall–Kier alpha value is -0.240. The maximum absolute atomic E-state index is 10.8. The van der Waals surface area contributed by atoms with E-state index in [1.54, 1.807) is 7.05 Å². The molecule has 0 spiro atoms. The first kappa shape index (κ1) is 14.8. The molecule has 0 aliphatic carbocycles. The largest absolute Gasteiger partial charge is 0.480 e. The second-order valence-electron chi connectivity index (χ2n) is 2.97. The number of ketones is 1. The van der Waals surface area contributed by atoms with E-state index in [2.05, 4.69) is 5.32 Å². The Morgan fingerprint density at radius 1 is 1.40 bits per heavy atom. The molecule has 7 heteroatoms. The van der Waals surface area contributed by atoms with Crippen LogP contribution in [-0.4, -0.2) is 47.5 Å². The van der Waals surface area contributed by atoms with Gasteiger partial charge < -0.3 is 16.2 Å². The van der Waals surface area contributed by atoms with Gasteiger partial charge in [0.1, 0.15) is 11.8 Å². The van der Waals surface area contributed by atoms with Gasteiger partial charge in [0.25, 0.3) is 0 Å². The average molecular weight is 252 g/mol. The molecule has 0 saturated carbocycles. The normalized spacial score (nSPS) is 14.6. The fourth-order valence-electron chi connectivity index (χ4n) is 0.633. The fraction of sp³-hybridized carbons (Fsp3) is 0.750. The first-order valence-electron chi connectivity index (χ1n) is 4.39. The lowest BCUT2D eigenvalue weighted by molar-refractivity contribution is -0.138. The van der Waals surface area contributed by atoms with Crippen LogP contribution in [0.1, 0.15) is 6.92 Å². The summed E-state index contributed by atoms with van der Waals surface area (Å²) in [5.41, 5.74) is 5.51. The molecular formula is C8H16N2O3S2. The van der Waals surface area contributed by atoms with Crippen molar-refractivity contribution < 1.29 is 14.7 Å². The number of nitrogens with two attached hydrogens (primary N) is 1. The summed E-state index contributed by atoms with van der Waals surface area (Å²) in [7, 11) is 4.42. The lowest BCUT2D eigenvalue weighted by Crippen LogP contribution is -2.36. The van der Waals surface area contributed by atoms with Crippen LogP contribution in [0.25, 0.3) is 0 Å². The van der Waals surface area contributed by atoms with E-state index in [0.29, 0.717) is 11.5 Å². The quantitative estimate of drug-likeness (QED) is 0.412. The average Bonchev–Trinajstić information content (AvgIpc) is 2.16. The minimum atomic E-state index is -0.874. The molecule has 0 radical (unpaired) electrons. The number of likely N-dealkylation sites (N-methyl/N-ethyl adjacent to an activating group) is 1. The van der Waals surface area contributed by atoms with Crippen molar-refractivity contribution in [2.75, 3.05) is 18.6 Å². The van der Waals surface area contributed by atoms with Gasteiger partial charge in [0.2, 0.25) is 0 Å². The van der Waals surface area contributed by atoms with Crippen molar-refractivity contribution >= 4 is 33.3 Å². The summed E-state index contributed by atoms with van der Waals surface area (Å²) in [5.74, 6) is 0.0324. The molecule has 0 saturated heterocycles. The molecule has 4 N–H and O–H groups in total. The third kappa shape index (κ3) is 6.77. The predicted octanol–water partition coefficient (Wildman–Crippen LogP) is -0.0433. The number of carbonyl (C=O) groups is 2. The Morgan fingerprint density at radius 2 is 1.93 bits per heavy atom. The van der Waals surface area contributed by atoms with E-state index in [4.69, 9.17) is 10.8 Å². The van der Waals surface area contributed by atoms with Gasteiger partial charge in [-0.2, -0.15) is 0 Å². The Kier molecular flexibility index (Phi) is 7.85. The molecule has 88 valence electrons. The Balaban J connectivity index is 3.61. The molecule has 0 aromatic carbocycles. The van der Waals surface area contributed by atoms with E-state index in [1.807, 2.05) is 0 Å². The molecule has 0 aliphatic rings. The molecule has 0 bridgehead atoms. The number of carboxylic acids is 1. The highest BCUT2D eigenvalue weighted by atomic mass is 33.1. The first-order chi connectivity index (χ1) is 6.99. The number of Topliss-reactive ketones (excluding diaryl/α,β-unsaturated/α-hetero) is 1. The van der Waals surface area contributed by atoms with E-state index in [-0.39, 0.29) is 5.78 Å². The van der Waals surface area contributed by atoms with Crippen molar-refractivity contribution in [3.05, 3.63) is 0 Å². The van der Waals surface area contributed by atoms with E-state index in [1.165, 1.54) is 28.5 Å². The third-order valence-electron chi connectivity index (χ3n) is 1.73. The SMILES string of the molecule is CNC(CSSCC(N)C(C)=O)C(=O)O. The summed E-state index contributed by atoms with van der Waals surface area (Å²) in [4.78, 5) is 21.4. The number of carboxylic acid groups (broad SMARTS) is 1. The molecule has 0 rings (SSSR count). The van der Waals surface area contributed by atoms with E-state index >= 15 is 0 Å². The summed E-state index contributed by atoms with van der Waals surface area (Å²) >= 11 is 0. The highest BCUT2D eigenvalue weighted by Gasteiger charge is 2.15. The van der Waals surface area contributed by atoms with Crippen LogP contribution in [-0.2, 0) is 9.59 Å². The second kappa shape index (κ2) is 7.98. The monoisotopic (exact) mass is 252 g/mol. The molecule has 15 heavy (non-hydrogen) atoms. The maximum atomic E-state index is 10.8. The molecule has 0 fully saturated rings. The van der Waals surface area contributed by atoms with Crippen LogP contribution in [0.15, 0.2) is 0 Å². The van der Waals surface area contributed by atoms with E-state index in [0.717, 1.165) is 0 Å². The van der Waals surface area contributed by atoms with E-state index < -0.39 is 18.1 Å². The lowest BCUT2D eigenvalue weighted by atomic mass is 10.3. The van der Waals surface area contributed by atoms with Gasteiger partial charge in [-0.15, -0.1) is 0 Å². The van der Waals surface area contributed by atoms with Crippen LogP contribution in [0.3, 0.4) is 0 Å². The Labute approximate surface area is 96.9 Å². The molecule has 0 aromatic rings. The van der Waals surface area contributed by atoms with Crippen molar-refractivity contribution in [2.45, 2.75) is 19.0 Å². The topological polar surface area (TPSA) is 92.4 Å². The number of carbonyl (C=O) groups excluding carboxylic acids is 1. The highest BCUT2D eigenvalue weighted by Crippen LogP contribution is 2.22. The first-order valence-corrected chi connectivity index (χ1v) is 6.88. The van der Waals surface area contributed by atoms with Gasteiger partial charge >= 0.3 is 5.97 Å². The third-order valence-corrected chi connectivity index (χ3v) is 4.18. The summed E-state index contributed by atoms with van der Waals surface area (Å²) in [5, 5.41) is 11.4. The summed E-state index contributed by atoms with van der Waals surface area (Å²) in [6.07, 6.45) is 0. The molecular weight excluding hydrogens is 236 g/mol. The molecule has 0 heterocycles. The fourth-order valence-corrected chi connectivity index (χ4v) is 3.08. The van der Waals surface area contributed by atoms with E-state index in [9.17, 15) is 9.59 Å². The van der Waals surface area contributed by atoms with Crippen molar-refractivity contribution in [3.63, 3.8) is 0 Å². The zero-order valence-corrected chi connectivity index (χ0v) is 10.4. The number of hydrogen-bond acceptors (Lipinski definition) is 6. The van der Waals surface area contributed by atoms with Gasteiger partial charge in [-0.25, -0.2) is 0 Å². The summed E-state index contributed by atoms with van der Waals surface area (Å²) in [6.45, 7) is 1.45. The molecule has 0 aliphatic heterocycles. The molecule has 0 amide bonds. The predicted molar refractivity (Wildman–Crippen MR) is 64.1 cm³/mol. The second-order valence-corrected chi connectivity index (χ2v) is 5.52. The van der Waals surface area contributed by atoms with Crippen molar-refractivity contribution in [3.8, 4) is 0 Å². The maximum Gasteiger partial charge on any atom is 0.321 e. The molecule has 0 aromatic heterocycles. The minimum Gasteiger partial charge on any atom is -0.480 e. The van der Waals surface area contributed by atoms with Gasteiger partial charge in [-0.05, 0) is 14.0 Å². The van der Waals surface area contributed by atoms with Crippen LogP contribution in [0, 0.1) is 0 Å². The van der Waals surface area contributed by atoms with Crippen LogP contribution in [0.5, 0.6) is 0 Å². The van der Waals surface area contributed by atoms with Gasteiger partial charge in [0.05, 0.1) is 6.04 Å². The van der Waals surface area contributed by atoms with Crippen molar-refractivity contribution in [1.29, 1.82) is 0 Å². The number of nitrogens with one attached hydrogen (secondary N) is 1. The lowest BCUT2D eigenvalue weighted by Gasteiger charge is -2.11. The zero-order chi connectivity index (χ0) is 11.8. The molecule has 2 atom stereocenters. The number of rotatable bonds is 8. The van der Waals surface area contributed by atoms with Gasteiger partial charge in [-0.1, -0.05) is 21.6 Å². The van der Waals surface area contributed by atoms with Gasteiger partial charge in [0.15, 0.2) is 0 Å². The van der Waals surface area contributed by atoms with Crippen LogP contribution in [0.4, 0.5) is 0 Å². The Morgan fingerprint density at radius 3 is 2.33 bits per heavy atom.